The summed E-state index contributed by atoms with van der Waals surface area (Å²) in [4.78, 5) is 24.8. The Labute approximate surface area is 573 Å². The second kappa shape index (κ2) is 44.0. The molecule has 0 spiro atoms. The summed E-state index contributed by atoms with van der Waals surface area (Å²) in [6.45, 7) is 21.1. The number of methoxy groups -OCH3 is 2. The maximum Gasteiger partial charge on any atom is 0 e. The minimum Gasteiger partial charge on any atom is 0 e. The van der Waals surface area contributed by atoms with Gasteiger partial charge in [0.05, 0.1) is 29.0 Å². The molecule has 1 heterocycles. The van der Waals surface area contributed by atoms with Gasteiger partial charge in [0.2, 0.25) is 0 Å². The number of benzene rings is 5. The van der Waals surface area contributed by atoms with Crippen LogP contribution < -0.4 is 19.3 Å². The Morgan fingerprint density at radius 2 is 0.918 bits per heavy atom. The Kier molecular flexibility index (Phi) is 42.2. The molecule has 0 aromatic heterocycles. The van der Waals surface area contributed by atoms with E-state index in [-0.39, 0.29) is 52.7 Å². The zero-order chi connectivity index (χ0) is 60.3. The molecule has 5 aromatic rings. The van der Waals surface area contributed by atoms with E-state index in [0.717, 1.165) is 18.7 Å². The molecule has 3 saturated carbocycles. The fourth-order valence-electron chi connectivity index (χ4n) is 12.0. The quantitative estimate of drug-likeness (QED) is 0.0303. The molecular weight excluding hydrogens is 1610 g/mol. The third kappa shape index (κ3) is 27.4. The SMILES string of the molecule is C.C1CCC([PH+](C2CCCCC2)C2CCCCC2)CC1.C=Cc1cc([N+](=O)[O-])ccc1OC.COc1ccc([N+](=O)[O-])cc1[CH]=[Ru]([Cl])[Cl].Cc1cc(C)c(N2[CH-]N(c3c(C)cc(C)cc3C)CC2)c(C)c1.II.[CH3-].[Cl][Ru]([Cl])=[CH]c1ccccc1.[V]. The number of rotatable bonds is 12. The molecular formula is C65H90Cl4I2N4O6PRu2V-. The Balaban J connectivity index is 0.000000536. The summed E-state index contributed by atoms with van der Waals surface area (Å²) in [5.41, 5.74) is 16.8. The topological polar surface area (TPSA) is 111 Å². The van der Waals surface area contributed by atoms with Crippen molar-refractivity contribution in [3.8, 4) is 11.5 Å². The van der Waals surface area contributed by atoms with Crippen molar-refractivity contribution in [2.24, 2.45) is 0 Å². The van der Waals surface area contributed by atoms with Gasteiger partial charge in [0, 0.05) is 106 Å². The number of anilines is 2. The van der Waals surface area contributed by atoms with Crippen LogP contribution in [0.2, 0.25) is 0 Å². The minimum atomic E-state index is -2.01. The molecule has 0 unspecified atom stereocenters. The third-order valence-electron chi connectivity index (χ3n) is 15.2. The molecule has 1 saturated heterocycles. The van der Waals surface area contributed by atoms with Crippen LogP contribution in [0.15, 0.2) is 97.6 Å². The molecule has 0 N–H and O–H groups in total. The van der Waals surface area contributed by atoms with Gasteiger partial charge in [-0.2, -0.15) is 6.67 Å². The second-order valence-corrected chi connectivity index (χ2v) is 36.0. The molecule has 1 aliphatic heterocycles. The van der Waals surface area contributed by atoms with Gasteiger partial charge in [-0.05, 0) is 147 Å². The van der Waals surface area contributed by atoms with E-state index in [4.69, 9.17) is 48.2 Å². The molecule has 0 amide bonds. The third-order valence-corrected chi connectivity index (χ3v) is 23.5. The fraction of sp³-hybridized carbons (Fsp3) is 0.446. The van der Waals surface area contributed by atoms with Crippen molar-refractivity contribution in [1.29, 1.82) is 0 Å². The number of nitro benzene ring substituents is 2. The van der Waals surface area contributed by atoms with Gasteiger partial charge < -0.3 is 22.0 Å². The van der Waals surface area contributed by atoms with Gasteiger partial charge >= 0.3 is 173 Å². The minimum absolute atomic E-state index is 0. The standard InChI is InChI=1S/C21H27N2.C18H33P.C9H9NO3.C8H7NO3.C7H6.CH4.CH3.4ClH.I2.2Ru.V/c1-14-9-16(3)20(17(4)10-14)22-7-8-23(13-22)21-18(5)11-15(2)12-19(21)6;1-4-10-16(11-5-1)19(17-12-6-2-7-13-17)18-14-8-3-9-15-18;1-3-7-6-8(10(11)12)4-5-9(7)13-2;1-6-5-7(9(10)11)3-4-8(6)12-2;1-7-5-3-2-4-6-7;;;;;;;1-2;;;/h9-13H,7-8H2,1-6H3;16-18H,1-15H2;3-6H,1H2,2H3;1,3-5H,2H3;1-6H;1H4;1H3;4*1H;;;;/q-1;;;;;;-1;;;;;;2*+2;/p-3. The molecule has 4 fully saturated rings. The monoisotopic (exact) mass is 1700 g/mol. The summed E-state index contributed by atoms with van der Waals surface area (Å²) < 4.78 is 13.5. The molecule has 0 atom stereocenters. The summed E-state index contributed by atoms with van der Waals surface area (Å²) in [5.74, 6) is 1.11. The predicted octanol–water partition coefficient (Wildman–Crippen LogP) is 21.7. The van der Waals surface area contributed by atoms with Gasteiger partial charge in [-0.15, -0.1) is 0 Å². The molecule has 3 aliphatic carbocycles. The number of aryl methyl sites for hydroxylation is 6. The van der Waals surface area contributed by atoms with E-state index >= 15 is 0 Å². The molecule has 10 nitrogen and oxygen atoms in total. The molecule has 475 valence electrons. The molecule has 85 heavy (non-hydrogen) atoms. The van der Waals surface area contributed by atoms with E-state index in [1.807, 2.05) is 34.9 Å². The Morgan fingerprint density at radius 1 is 0.576 bits per heavy atom. The van der Waals surface area contributed by atoms with E-state index in [9.17, 15) is 20.2 Å². The van der Waals surface area contributed by atoms with E-state index in [2.05, 4.69) is 126 Å². The Bertz CT molecular complexity index is 2740. The number of hydrogen-bond acceptors (Lipinski definition) is 8. The van der Waals surface area contributed by atoms with Crippen molar-refractivity contribution in [2.75, 3.05) is 37.1 Å². The van der Waals surface area contributed by atoms with Crippen LogP contribution in [0.4, 0.5) is 22.7 Å². The first-order chi connectivity index (χ1) is 39.3. The number of non-ortho nitro benzene ring substituents is 2. The van der Waals surface area contributed by atoms with Crippen molar-refractivity contribution < 1.29 is 64.9 Å². The fourth-order valence-corrected chi connectivity index (χ4v) is 20.8. The Hall–Kier alpha value is -1.54. The van der Waals surface area contributed by atoms with E-state index in [1.54, 1.807) is 107 Å². The van der Waals surface area contributed by atoms with Crippen molar-refractivity contribution in [1.82, 2.24) is 0 Å². The average molecular weight is 1700 g/mol. The second-order valence-electron chi connectivity index (χ2n) is 21.1. The van der Waals surface area contributed by atoms with Crippen LogP contribution in [0.5, 0.6) is 11.5 Å². The van der Waals surface area contributed by atoms with Crippen molar-refractivity contribution in [3.63, 3.8) is 0 Å². The summed E-state index contributed by atoms with van der Waals surface area (Å²) in [6, 6.07) is 27.7. The van der Waals surface area contributed by atoms with Crippen LogP contribution in [-0.4, -0.2) is 63.4 Å². The molecule has 1 radical (unpaired) electrons. The van der Waals surface area contributed by atoms with Gasteiger partial charge in [0.1, 0.15) is 5.75 Å². The summed E-state index contributed by atoms with van der Waals surface area (Å²) >= 11 is 0.611. The van der Waals surface area contributed by atoms with Crippen LogP contribution in [0.1, 0.15) is 154 Å². The predicted molar refractivity (Wildman–Crippen MR) is 380 cm³/mol. The van der Waals surface area contributed by atoms with Crippen LogP contribution in [-0.2, 0) is 45.6 Å². The summed E-state index contributed by atoms with van der Waals surface area (Å²) in [6.07, 6.45) is 25.3. The van der Waals surface area contributed by atoms with Crippen LogP contribution >= 0.6 is 83.9 Å². The van der Waals surface area contributed by atoms with Crippen molar-refractivity contribution in [2.45, 2.75) is 162 Å². The van der Waals surface area contributed by atoms with Gasteiger partial charge in [-0.25, -0.2) is 0 Å². The largest absolute Gasteiger partial charge is 0 e. The smallest absolute Gasteiger partial charge is 0 e. The van der Waals surface area contributed by atoms with Crippen LogP contribution in [0.3, 0.4) is 0 Å². The molecule has 4 aliphatic rings. The van der Waals surface area contributed by atoms with E-state index in [0.29, 0.717) is 22.6 Å². The molecule has 20 heteroatoms. The first kappa shape index (κ1) is 81.5. The number of hydrogen-bond donors (Lipinski definition) is 0. The molecule has 5 aromatic carbocycles. The number of nitrogens with zero attached hydrogens (tertiary/aromatic N) is 4. The first-order valence-electron chi connectivity index (χ1n) is 27.9. The van der Waals surface area contributed by atoms with Crippen LogP contribution in [0.25, 0.3) is 6.08 Å². The van der Waals surface area contributed by atoms with Gasteiger partial charge in [0.15, 0.2) is 0 Å². The van der Waals surface area contributed by atoms with Crippen molar-refractivity contribution in [3.05, 3.63) is 182 Å². The zero-order valence-electron chi connectivity index (χ0n) is 50.1. The Morgan fingerprint density at radius 3 is 1.24 bits per heavy atom. The van der Waals surface area contributed by atoms with E-state index in [1.165, 1.54) is 112 Å². The first-order valence-corrected chi connectivity index (χ1v) is 46.8. The molecule has 0 bridgehead atoms. The van der Waals surface area contributed by atoms with E-state index < -0.39 is 36.9 Å². The maximum atomic E-state index is 10.5. The zero-order valence-corrected chi connectivity index (χ0v) is 63.3. The van der Waals surface area contributed by atoms with Gasteiger partial charge in [-0.3, -0.25) is 10.1 Å². The number of nitro groups is 2. The number of halogens is 6. The van der Waals surface area contributed by atoms with Gasteiger partial charge in [-0.1, -0.05) is 74.7 Å². The van der Waals surface area contributed by atoms with Gasteiger partial charge in [0.25, 0.3) is 5.69 Å². The molecule has 9 rings (SSSR count). The number of ether oxygens (including phenoxy) is 2. The van der Waals surface area contributed by atoms with Crippen LogP contribution in [0, 0.1) is 75.9 Å². The summed E-state index contributed by atoms with van der Waals surface area (Å²) in [5, 5.41) is 20.9. The van der Waals surface area contributed by atoms with Crippen molar-refractivity contribution >= 4 is 122 Å². The summed E-state index contributed by atoms with van der Waals surface area (Å²) in [7, 11) is 25.7. The normalized spacial score (nSPS) is 15.1. The average Bonchev–Trinajstić information content (AvgIpc) is 4.22. The maximum absolute atomic E-state index is 10.5.